The predicted octanol–water partition coefficient (Wildman–Crippen LogP) is 4.56. The Morgan fingerprint density at radius 1 is 1.03 bits per heavy atom. The number of carbonyl (C=O) groups is 2. The maximum absolute atomic E-state index is 12.4. The van der Waals surface area contributed by atoms with Crippen molar-refractivity contribution in [3.63, 3.8) is 0 Å². The number of carbonyl (C=O) groups excluding carboxylic acids is 1. The van der Waals surface area contributed by atoms with E-state index in [1.807, 2.05) is 24.3 Å². The molecule has 5 heteroatoms. The molecule has 5 rings (SSSR count). The zero-order valence-electron chi connectivity index (χ0n) is 16.3. The van der Waals surface area contributed by atoms with Crippen molar-refractivity contribution in [2.75, 3.05) is 6.61 Å². The second-order valence-corrected chi connectivity index (χ2v) is 8.81. The van der Waals surface area contributed by atoms with Crippen LogP contribution in [0.3, 0.4) is 0 Å². The molecule has 2 aromatic rings. The average Bonchev–Trinajstić information content (AvgIpc) is 2.97. The van der Waals surface area contributed by atoms with Crippen LogP contribution >= 0.6 is 0 Å². The van der Waals surface area contributed by atoms with Gasteiger partial charge in [-0.15, -0.1) is 0 Å². The van der Waals surface area contributed by atoms with Crippen molar-refractivity contribution in [2.24, 2.45) is 11.3 Å². The maximum atomic E-state index is 12.4. The molecule has 150 valence electrons. The molecule has 2 aromatic carbocycles. The Balaban J connectivity index is 1.24. The lowest BCUT2D eigenvalue weighted by atomic mass is 9.50. The Labute approximate surface area is 170 Å². The number of benzene rings is 2. The zero-order chi connectivity index (χ0) is 20.0. The molecule has 5 nitrogen and oxygen atoms in total. The van der Waals surface area contributed by atoms with E-state index in [0.717, 1.165) is 24.0 Å². The topological polar surface area (TPSA) is 75.6 Å². The van der Waals surface area contributed by atoms with Crippen LogP contribution in [-0.2, 0) is 9.53 Å². The van der Waals surface area contributed by atoms with E-state index in [0.29, 0.717) is 5.41 Å². The fraction of sp³-hybridized carbons (Fsp3) is 0.417. The van der Waals surface area contributed by atoms with Gasteiger partial charge in [-0.1, -0.05) is 55.0 Å². The first kappa shape index (κ1) is 18.2. The third kappa shape index (κ3) is 3.09. The minimum Gasteiger partial charge on any atom is -0.480 e. The maximum Gasteiger partial charge on any atom is 0.407 e. The van der Waals surface area contributed by atoms with Gasteiger partial charge in [0.25, 0.3) is 0 Å². The van der Waals surface area contributed by atoms with Crippen molar-refractivity contribution in [1.29, 1.82) is 0 Å². The number of rotatable bonds is 5. The fourth-order valence-electron chi connectivity index (χ4n) is 5.52. The average molecular weight is 391 g/mol. The first-order chi connectivity index (χ1) is 14.1. The van der Waals surface area contributed by atoms with E-state index < -0.39 is 18.1 Å². The van der Waals surface area contributed by atoms with Gasteiger partial charge in [0.2, 0.25) is 0 Å². The number of carboxylic acid groups (broad SMARTS) is 1. The number of hydrogen-bond acceptors (Lipinski definition) is 3. The summed E-state index contributed by atoms with van der Waals surface area (Å²) in [7, 11) is 0. The molecule has 1 atom stereocenters. The highest BCUT2D eigenvalue weighted by molar-refractivity contribution is 5.81. The van der Waals surface area contributed by atoms with Gasteiger partial charge >= 0.3 is 12.1 Å². The van der Waals surface area contributed by atoms with Gasteiger partial charge in [-0.25, -0.2) is 9.59 Å². The van der Waals surface area contributed by atoms with Crippen LogP contribution in [0, 0.1) is 11.3 Å². The molecule has 0 radical (unpaired) electrons. The van der Waals surface area contributed by atoms with Crippen molar-refractivity contribution < 1.29 is 19.4 Å². The summed E-state index contributed by atoms with van der Waals surface area (Å²) < 4.78 is 5.52. The summed E-state index contributed by atoms with van der Waals surface area (Å²) in [5.41, 5.74) is 4.98. The molecule has 29 heavy (non-hydrogen) atoms. The number of carboxylic acids is 1. The Hall–Kier alpha value is -2.82. The molecule has 0 heterocycles. The molecule has 1 spiro atoms. The Kier molecular flexibility index (Phi) is 4.34. The van der Waals surface area contributed by atoms with E-state index in [4.69, 9.17) is 4.74 Å². The second kappa shape index (κ2) is 6.90. The van der Waals surface area contributed by atoms with Crippen LogP contribution in [0.5, 0.6) is 0 Å². The lowest BCUT2D eigenvalue weighted by Crippen LogP contribution is -2.55. The SMILES string of the molecule is O=C(N[C@H](C(=O)O)C1CC2(CCC2)C1)OCC1c2ccccc2-c2ccccc21. The quantitative estimate of drug-likeness (QED) is 0.784. The van der Waals surface area contributed by atoms with Gasteiger partial charge < -0.3 is 15.2 Å². The summed E-state index contributed by atoms with van der Waals surface area (Å²) in [6.07, 6.45) is 4.78. The third-order valence-corrected chi connectivity index (χ3v) is 7.16. The van der Waals surface area contributed by atoms with Crippen molar-refractivity contribution in [2.45, 2.75) is 44.1 Å². The van der Waals surface area contributed by atoms with Crippen LogP contribution in [-0.4, -0.2) is 29.8 Å². The van der Waals surface area contributed by atoms with Crippen LogP contribution in [0.1, 0.15) is 49.1 Å². The molecule has 0 bridgehead atoms. The number of nitrogens with one attached hydrogen (secondary N) is 1. The van der Waals surface area contributed by atoms with Gasteiger partial charge in [-0.05, 0) is 59.3 Å². The number of fused-ring (bicyclic) bond motifs is 3. The van der Waals surface area contributed by atoms with Crippen LogP contribution in [0.25, 0.3) is 11.1 Å². The van der Waals surface area contributed by atoms with Crippen LogP contribution in [0.4, 0.5) is 4.79 Å². The van der Waals surface area contributed by atoms with Crippen molar-refractivity contribution in [1.82, 2.24) is 5.32 Å². The smallest absolute Gasteiger partial charge is 0.407 e. The fourth-order valence-corrected chi connectivity index (χ4v) is 5.52. The minimum atomic E-state index is -0.974. The molecular weight excluding hydrogens is 366 g/mol. The monoisotopic (exact) mass is 391 g/mol. The number of amides is 1. The van der Waals surface area contributed by atoms with Gasteiger partial charge in [-0.2, -0.15) is 0 Å². The molecular formula is C24H25NO4. The van der Waals surface area contributed by atoms with E-state index in [1.165, 1.54) is 30.4 Å². The van der Waals surface area contributed by atoms with Crippen molar-refractivity contribution in [3.05, 3.63) is 59.7 Å². The highest BCUT2D eigenvalue weighted by Gasteiger charge is 2.52. The van der Waals surface area contributed by atoms with Gasteiger partial charge in [0.1, 0.15) is 12.6 Å². The Morgan fingerprint density at radius 2 is 1.62 bits per heavy atom. The van der Waals surface area contributed by atoms with Gasteiger partial charge in [0, 0.05) is 5.92 Å². The first-order valence-corrected chi connectivity index (χ1v) is 10.4. The standard InChI is InChI=1S/C24H25NO4/c26-22(27)21(15-12-24(13-15)10-5-11-24)25-23(28)29-14-20-18-8-3-1-6-16(18)17-7-2-4-9-19(17)20/h1-4,6-9,15,20-21H,5,10-14H2,(H,25,28)(H,26,27)/t21-/m0/s1. The first-order valence-electron chi connectivity index (χ1n) is 10.4. The van der Waals surface area contributed by atoms with E-state index in [1.54, 1.807) is 0 Å². The number of alkyl carbamates (subject to hydrolysis) is 1. The summed E-state index contributed by atoms with van der Waals surface area (Å²) in [6.45, 7) is 0.195. The van der Waals surface area contributed by atoms with Crippen LogP contribution < -0.4 is 5.32 Å². The van der Waals surface area contributed by atoms with Crippen molar-refractivity contribution >= 4 is 12.1 Å². The van der Waals surface area contributed by atoms with E-state index in [9.17, 15) is 14.7 Å². The van der Waals surface area contributed by atoms with Gasteiger partial charge in [-0.3, -0.25) is 0 Å². The number of hydrogen-bond donors (Lipinski definition) is 2. The molecule has 0 aromatic heterocycles. The van der Waals surface area contributed by atoms with E-state index in [-0.39, 0.29) is 18.4 Å². The van der Waals surface area contributed by atoms with Crippen LogP contribution in [0.2, 0.25) is 0 Å². The molecule has 2 fully saturated rings. The third-order valence-electron chi connectivity index (χ3n) is 7.16. The number of aliphatic carboxylic acids is 1. The highest BCUT2D eigenvalue weighted by atomic mass is 16.5. The molecule has 3 aliphatic carbocycles. The Bertz CT molecular complexity index is 911. The highest BCUT2D eigenvalue weighted by Crippen LogP contribution is 2.59. The minimum absolute atomic E-state index is 0.00767. The van der Waals surface area contributed by atoms with Crippen molar-refractivity contribution in [3.8, 4) is 11.1 Å². The van der Waals surface area contributed by atoms with Gasteiger partial charge in [0.05, 0.1) is 0 Å². The molecule has 2 saturated carbocycles. The summed E-state index contributed by atoms with van der Waals surface area (Å²) in [6, 6.07) is 15.4. The predicted molar refractivity (Wildman–Crippen MR) is 109 cm³/mol. The summed E-state index contributed by atoms with van der Waals surface area (Å²) in [5.74, 6) is -0.996. The molecule has 0 aliphatic heterocycles. The lowest BCUT2D eigenvalue weighted by molar-refractivity contribution is -0.145. The largest absolute Gasteiger partial charge is 0.480 e. The van der Waals surface area contributed by atoms with Gasteiger partial charge in [0.15, 0.2) is 0 Å². The summed E-state index contributed by atoms with van der Waals surface area (Å²) >= 11 is 0. The molecule has 0 saturated heterocycles. The zero-order valence-corrected chi connectivity index (χ0v) is 16.3. The number of ether oxygens (including phenoxy) is 1. The molecule has 2 N–H and O–H groups in total. The van der Waals surface area contributed by atoms with E-state index >= 15 is 0 Å². The van der Waals surface area contributed by atoms with Crippen LogP contribution in [0.15, 0.2) is 48.5 Å². The molecule has 0 unspecified atom stereocenters. The van der Waals surface area contributed by atoms with E-state index in [2.05, 4.69) is 29.6 Å². The summed E-state index contributed by atoms with van der Waals surface area (Å²) in [4.78, 5) is 24.1. The second-order valence-electron chi connectivity index (χ2n) is 8.81. The lowest BCUT2D eigenvalue weighted by Gasteiger charge is -2.55. The molecule has 1 amide bonds. The summed E-state index contributed by atoms with van der Waals surface area (Å²) in [5, 5.41) is 12.2. The Morgan fingerprint density at radius 3 is 2.14 bits per heavy atom. The molecule has 3 aliphatic rings. The normalized spacial score (nSPS) is 20.1.